The molecule has 0 spiro atoms. The second-order valence-electron chi connectivity index (χ2n) is 6.70. The fraction of sp³-hybridized carbons (Fsp3) is 0.300. The van der Waals surface area contributed by atoms with Crippen LogP contribution in [-0.2, 0) is 6.54 Å². The van der Waals surface area contributed by atoms with E-state index in [9.17, 15) is 4.39 Å². The summed E-state index contributed by atoms with van der Waals surface area (Å²) in [7, 11) is 1.99. The molecule has 1 aliphatic heterocycles. The van der Waals surface area contributed by atoms with Crippen LogP contribution in [0.1, 0.15) is 30.0 Å². The summed E-state index contributed by atoms with van der Waals surface area (Å²) in [5.41, 5.74) is 2.38. The number of benzene rings is 2. The van der Waals surface area contributed by atoms with E-state index in [1.165, 1.54) is 6.07 Å². The summed E-state index contributed by atoms with van der Waals surface area (Å²) in [6.45, 7) is 4.66. The molecule has 1 aromatic heterocycles. The van der Waals surface area contributed by atoms with Gasteiger partial charge in [0.05, 0.1) is 6.04 Å². The number of halogens is 1. The first kappa shape index (κ1) is 17.5. The number of hydrogen-bond donors (Lipinski definition) is 0. The van der Waals surface area contributed by atoms with Crippen LogP contribution in [0.25, 0.3) is 11.4 Å². The van der Waals surface area contributed by atoms with Crippen LogP contribution in [0.3, 0.4) is 0 Å². The number of hydrogen-bond acceptors (Lipinski definition) is 6. The Morgan fingerprint density at radius 2 is 1.96 bits per heavy atom. The van der Waals surface area contributed by atoms with E-state index >= 15 is 0 Å². The number of aromatic nitrogens is 2. The fourth-order valence-corrected chi connectivity index (χ4v) is 2.96. The first-order chi connectivity index (χ1) is 13.0. The summed E-state index contributed by atoms with van der Waals surface area (Å²) in [4.78, 5) is 6.59. The van der Waals surface area contributed by atoms with Crippen molar-refractivity contribution in [3.05, 3.63) is 59.2 Å². The molecule has 27 heavy (non-hydrogen) atoms. The molecule has 1 aliphatic rings. The Morgan fingerprint density at radius 1 is 1.15 bits per heavy atom. The first-order valence-corrected chi connectivity index (χ1v) is 8.70. The summed E-state index contributed by atoms with van der Waals surface area (Å²) in [5.74, 6) is 2.25. The van der Waals surface area contributed by atoms with Crippen molar-refractivity contribution in [2.75, 3.05) is 13.8 Å². The zero-order valence-corrected chi connectivity index (χ0v) is 15.4. The molecule has 0 N–H and O–H groups in total. The predicted molar refractivity (Wildman–Crippen MR) is 96.9 cm³/mol. The molecule has 0 bridgehead atoms. The molecule has 0 amide bonds. The molecule has 4 rings (SSSR count). The van der Waals surface area contributed by atoms with Crippen molar-refractivity contribution in [3.63, 3.8) is 0 Å². The smallest absolute Gasteiger partial charge is 0.244 e. The molecule has 0 saturated carbocycles. The maximum Gasteiger partial charge on any atom is 0.244 e. The normalized spacial score (nSPS) is 14.0. The fourth-order valence-electron chi connectivity index (χ4n) is 2.96. The van der Waals surface area contributed by atoms with Gasteiger partial charge in [-0.05, 0) is 62.4 Å². The van der Waals surface area contributed by atoms with Gasteiger partial charge in [0.2, 0.25) is 18.5 Å². The van der Waals surface area contributed by atoms with E-state index in [1.54, 1.807) is 19.1 Å². The van der Waals surface area contributed by atoms with E-state index in [2.05, 4.69) is 15.0 Å². The van der Waals surface area contributed by atoms with Crippen LogP contribution in [0.5, 0.6) is 11.5 Å². The van der Waals surface area contributed by atoms with Crippen LogP contribution >= 0.6 is 0 Å². The van der Waals surface area contributed by atoms with Crippen LogP contribution in [0.4, 0.5) is 4.39 Å². The van der Waals surface area contributed by atoms with Gasteiger partial charge in [-0.1, -0.05) is 11.2 Å². The molecular formula is C20H20FN3O3. The summed E-state index contributed by atoms with van der Waals surface area (Å²) < 4.78 is 29.7. The van der Waals surface area contributed by atoms with Crippen molar-refractivity contribution in [2.24, 2.45) is 0 Å². The summed E-state index contributed by atoms with van der Waals surface area (Å²) in [6, 6.07) is 10.6. The van der Waals surface area contributed by atoms with Gasteiger partial charge in [-0.3, -0.25) is 4.90 Å². The molecular weight excluding hydrogens is 349 g/mol. The number of nitrogens with zero attached hydrogens (tertiary/aromatic N) is 3. The lowest BCUT2D eigenvalue weighted by Gasteiger charge is -2.21. The topological polar surface area (TPSA) is 60.6 Å². The minimum Gasteiger partial charge on any atom is -0.454 e. The quantitative estimate of drug-likeness (QED) is 0.675. The van der Waals surface area contributed by atoms with Gasteiger partial charge >= 0.3 is 0 Å². The van der Waals surface area contributed by atoms with Gasteiger partial charge in [-0.15, -0.1) is 0 Å². The molecule has 0 radical (unpaired) electrons. The van der Waals surface area contributed by atoms with E-state index in [-0.39, 0.29) is 18.7 Å². The Balaban J connectivity index is 1.48. The van der Waals surface area contributed by atoms with Crippen molar-refractivity contribution in [1.82, 2.24) is 15.0 Å². The van der Waals surface area contributed by atoms with Crippen LogP contribution in [0, 0.1) is 12.7 Å². The van der Waals surface area contributed by atoms with Gasteiger partial charge < -0.3 is 14.0 Å². The lowest BCUT2D eigenvalue weighted by molar-refractivity contribution is 0.173. The number of fused-ring (bicyclic) bond motifs is 1. The lowest BCUT2D eigenvalue weighted by atomic mass is 10.1. The average Bonchev–Trinajstić information content (AvgIpc) is 3.32. The van der Waals surface area contributed by atoms with E-state index in [0.717, 1.165) is 22.6 Å². The molecule has 2 heterocycles. The standard InChI is InChI=1S/C20H20FN3O3/c1-12-8-15(5-6-16(12)21)19-22-20(27-23-19)13(2)24(3)10-14-4-7-17-18(9-14)26-11-25-17/h4-9,13H,10-11H2,1-3H3. The molecule has 3 aromatic rings. The molecule has 0 fully saturated rings. The Morgan fingerprint density at radius 3 is 2.78 bits per heavy atom. The minimum atomic E-state index is -0.251. The number of aryl methyl sites for hydroxylation is 1. The highest BCUT2D eigenvalue weighted by atomic mass is 19.1. The zero-order valence-electron chi connectivity index (χ0n) is 15.4. The van der Waals surface area contributed by atoms with Gasteiger partial charge in [0.15, 0.2) is 11.5 Å². The van der Waals surface area contributed by atoms with Crippen LogP contribution in [0.2, 0.25) is 0 Å². The van der Waals surface area contributed by atoms with Crippen molar-refractivity contribution in [2.45, 2.75) is 26.4 Å². The molecule has 2 aromatic carbocycles. The maximum absolute atomic E-state index is 13.5. The molecule has 1 unspecified atom stereocenters. The van der Waals surface area contributed by atoms with Crippen molar-refractivity contribution in [3.8, 4) is 22.9 Å². The highest BCUT2D eigenvalue weighted by Gasteiger charge is 2.21. The maximum atomic E-state index is 13.5. The minimum absolute atomic E-state index is 0.0850. The van der Waals surface area contributed by atoms with Crippen LogP contribution < -0.4 is 9.47 Å². The third-order valence-electron chi connectivity index (χ3n) is 4.75. The molecule has 140 valence electrons. The second-order valence-corrected chi connectivity index (χ2v) is 6.70. The Hall–Kier alpha value is -2.93. The molecule has 1 atom stereocenters. The van der Waals surface area contributed by atoms with Crippen LogP contribution in [-0.4, -0.2) is 28.9 Å². The summed E-state index contributed by atoms with van der Waals surface area (Å²) in [5, 5.41) is 4.04. The lowest BCUT2D eigenvalue weighted by Crippen LogP contribution is -2.22. The number of ether oxygens (including phenoxy) is 2. The van der Waals surface area contributed by atoms with Crippen molar-refractivity contribution < 1.29 is 18.4 Å². The van der Waals surface area contributed by atoms with E-state index in [0.29, 0.717) is 23.8 Å². The van der Waals surface area contributed by atoms with Gasteiger partial charge in [0.1, 0.15) is 5.82 Å². The van der Waals surface area contributed by atoms with E-state index in [1.807, 2.05) is 32.2 Å². The molecule has 0 aliphatic carbocycles. The monoisotopic (exact) mass is 369 g/mol. The SMILES string of the molecule is Cc1cc(-c2noc(C(C)N(C)Cc3ccc4c(c3)OCO4)n2)ccc1F. The average molecular weight is 369 g/mol. The van der Waals surface area contributed by atoms with Crippen molar-refractivity contribution in [1.29, 1.82) is 0 Å². The third-order valence-corrected chi connectivity index (χ3v) is 4.75. The highest BCUT2D eigenvalue weighted by Crippen LogP contribution is 2.33. The Kier molecular flexibility index (Phi) is 4.53. The predicted octanol–water partition coefficient (Wildman–Crippen LogP) is 4.11. The Labute approximate surface area is 156 Å². The van der Waals surface area contributed by atoms with Gasteiger partial charge in [0, 0.05) is 12.1 Å². The molecule has 6 nitrogen and oxygen atoms in total. The third kappa shape index (κ3) is 3.50. The first-order valence-electron chi connectivity index (χ1n) is 8.70. The molecule has 0 saturated heterocycles. The molecule has 7 heteroatoms. The van der Waals surface area contributed by atoms with Crippen LogP contribution in [0.15, 0.2) is 40.9 Å². The zero-order chi connectivity index (χ0) is 19.0. The summed E-state index contributed by atoms with van der Waals surface area (Å²) in [6.07, 6.45) is 0. The van der Waals surface area contributed by atoms with Gasteiger partial charge in [-0.2, -0.15) is 4.98 Å². The van der Waals surface area contributed by atoms with Gasteiger partial charge in [-0.25, -0.2) is 4.39 Å². The Bertz CT molecular complexity index is 973. The summed E-state index contributed by atoms with van der Waals surface area (Å²) >= 11 is 0. The van der Waals surface area contributed by atoms with E-state index in [4.69, 9.17) is 14.0 Å². The largest absolute Gasteiger partial charge is 0.454 e. The van der Waals surface area contributed by atoms with Crippen molar-refractivity contribution >= 4 is 0 Å². The van der Waals surface area contributed by atoms with E-state index < -0.39 is 0 Å². The van der Waals surface area contributed by atoms with Gasteiger partial charge in [0.25, 0.3) is 0 Å². The highest BCUT2D eigenvalue weighted by molar-refractivity contribution is 5.55. The number of rotatable bonds is 5. The second kappa shape index (κ2) is 7.00.